The molecule has 0 bridgehead atoms. The highest BCUT2D eigenvalue weighted by molar-refractivity contribution is 14.0. The van der Waals surface area contributed by atoms with Crippen molar-refractivity contribution >= 4 is 41.3 Å². The molecular weight excluding hydrogens is 467 g/mol. The topological polar surface area (TPSA) is 77.0 Å². The fraction of sp³-hybridized carbons (Fsp3) is 0.412. The normalized spacial score (nSPS) is 12.5. The number of nitrogens with zero attached hydrogens (tertiary/aromatic N) is 2. The van der Waals surface area contributed by atoms with Crippen molar-refractivity contribution in [2.45, 2.75) is 13.3 Å². The van der Waals surface area contributed by atoms with E-state index in [2.05, 4.69) is 27.5 Å². The summed E-state index contributed by atoms with van der Waals surface area (Å²) < 4.78 is 16.3. The maximum atomic E-state index is 5.71. The lowest BCUT2D eigenvalue weighted by atomic mass is 10.3. The van der Waals surface area contributed by atoms with Crippen LogP contribution in [-0.4, -0.2) is 44.5 Å². The van der Waals surface area contributed by atoms with E-state index in [0.717, 1.165) is 41.2 Å². The van der Waals surface area contributed by atoms with Crippen LogP contribution in [0, 0.1) is 6.92 Å². The molecule has 3 rings (SSSR count). The number of rotatable bonds is 7. The molecule has 9 heteroatoms. The van der Waals surface area contributed by atoms with E-state index in [1.807, 2.05) is 24.4 Å². The number of nitrogens with one attached hydrogen (secondary N) is 2. The zero-order chi connectivity index (χ0) is 17.5. The quantitative estimate of drug-likeness (QED) is 0.269. The van der Waals surface area contributed by atoms with Crippen LogP contribution in [0.15, 0.2) is 29.4 Å². The van der Waals surface area contributed by atoms with Crippen molar-refractivity contribution in [3.63, 3.8) is 0 Å². The molecule has 0 radical (unpaired) electrons. The molecule has 0 atom stereocenters. The highest BCUT2D eigenvalue weighted by Gasteiger charge is 2.13. The number of benzene rings is 1. The van der Waals surface area contributed by atoms with Crippen molar-refractivity contribution in [2.75, 3.05) is 33.5 Å². The summed E-state index contributed by atoms with van der Waals surface area (Å²) in [6.07, 6.45) is 2.79. The molecule has 0 saturated heterocycles. The molecule has 0 unspecified atom stereocenters. The molecule has 26 heavy (non-hydrogen) atoms. The summed E-state index contributed by atoms with van der Waals surface area (Å²) in [4.78, 5) is 9.79. The Morgan fingerprint density at radius 1 is 1.27 bits per heavy atom. The van der Waals surface area contributed by atoms with E-state index in [9.17, 15) is 0 Å². The minimum Gasteiger partial charge on any atom is -0.492 e. The first-order chi connectivity index (χ1) is 12.2. The lowest BCUT2D eigenvalue weighted by Crippen LogP contribution is -2.40. The predicted octanol–water partition coefficient (Wildman–Crippen LogP) is 2.58. The van der Waals surface area contributed by atoms with Gasteiger partial charge in [0, 0.05) is 37.2 Å². The van der Waals surface area contributed by atoms with E-state index in [-0.39, 0.29) is 30.8 Å². The summed E-state index contributed by atoms with van der Waals surface area (Å²) in [7, 11) is 1.75. The number of thiazole rings is 1. The number of hydrogen-bond acceptors (Lipinski definition) is 6. The van der Waals surface area contributed by atoms with E-state index in [4.69, 9.17) is 14.2 Å². The molecular formula is C17H23IN4O3S. The smallest absolute Gasteiger partial charge is 0.231 e. The van der Waals surface area contributed by atoms with Gasteiger partial charge in [-0.15, -0.1) is 35.3 Å². The van der Waals surface area contributed by atoms with Gasteiger partial charge in [-0.25, -0.2) is 4.98 Å². The number of hydrogen-bond donors (Lipinski definition) is 2. The Morgan fingerprint density at radius 3 is 2.85 bits per heavy atom. The Kier molecular flexibility index (Phi) is 8.23. The summed E-state index contributed by atoms with van der Waals surface area (Å²) in [6, 6.07) is 5.56. The van der Waals surface area contributed by atoms with Crippen molar-refractivity contribution < 1.29 is 14.2 Å². The van der Waals surface area contributed by atoms with E-state index >= 15 is 0 Å². The zero-order valence-corrected chi connectivity index (χ0v) is 17.9. The first-order valence-corrected chi connectivity index (χ1v) is 8.94. The van der Waals surface area contributed by atoms with Gasteiger partial charge in [-0.1, -0.05) is 0 Å². The van der Waals surface area contributed by atoms with Crippen molar-refractivity contribution in [2.24, 2.45) is 4.99 Å². The molecule has 0 amide bonds. The molecule has 7 nitrogen and oxygen atoms in total. The summed E-state index contributed by atoms with van der Waals surface area (Å²) >= 11 is 1.72. The monoisotopic (exact) mass is 490 g/mol. The third kappa shape index (κ3) is 5.90. The van der Waals surface area contributed by atoms with Gasteiger partial charge in [-0.2, -0.15) is 0 Å². The predicted molar refractivity (Wildman–Crippen MR) is 113 cm³/mol. The molecule has 1 aromatic carbocycles. The Bertz CT molecular complexity index is 739. The van der Waals surface area contributed by atoms with Crippen LogP contribution in [0.4, 0.5) is 0 Å². The van der Waals surface area contributed by atoms with Crippen molar-refractivity contribution in [3.05, 3.63) is 34.3 Å². The summed E-state index contributed by atoms with van der Waals surface area (Å²) in [6.45, 7) is 4.28. The van der Waals surface area contributed by atoms with Gasteiger partial charge in [0.2, 0.25) is 6.79 Å². The lowest BCUT2D eigenvalue weighted by molar-refractivity contribution is 0.173. The molecule has 142 valence electrons. The van der Waals surface area contributed by atoms with Crippen molar-refractivity contribution in [1.29, 1.82) is 0 Å². The molecule has 1 aromatic heterocycles. The first-order valence-electron chi connectivity index (χ1n) is 8.13. The lowest BCUT2D eigenvalue weighted by Gasteiger charge is -2.12. The SMILES string of the molecule is CN=C(NCCOc1ccc2c(c1)OCO2)NCCc1ncc(C)s1.I. The molecule has 0 fully saturated rings. The highest BCUT2D eigenvalue weighted by Crippen LogP contribution is 2.34. The van der Waals surface area contributed by atoms with Crippen LogP contribution < -0.4 is 24.8 Å². The fourth-order valence-corrected chi connectivity index (χ4v) is 3.12. The largest absolute Gasteiger partial charge is 0.492 e. The molecule has 0 aliphatic carbocycles. The molecule has 1 aliphatic heterocycles. The van der Waals surface area contributed by atoms with Crippen LogP contribution in [0.25, 0.3) is 0 Å². The highest BCUT2D eigenvalue weighted by atomic mass is 127. The van der Waals surface area contributed by atoms with E-state index in [1.165, 1.54) is 4.88 Å². The van der Waals surface area contributed by atoms with Gasteiger partial charge in [0.05, 0.1) is 11.6 Å². The molecule has 0 spiro atoms. The second kappa shape index (κ2) is 10.4. The summed E-state index contributed by atoms with van der Waals surface area (Å²) in [5, 5.41) is 7.63. The Labute approximate surface area is 174 Å². The van der Waals surface area contributed by atoms with Crippen molar-refractivity contribution in [3.8, 4) is 17.2 Å². The maximum Gasteiger partial charge on any atom is 0.231 e. The second-order valence-electron chi connectivity index (χ2n) is 5.40. The molecule has 0 saturated carbocycles. The van der Waals surface area contributed by atoms with Crippen LogP contribution in [0.1, 0.15) is 9.88 Å². The Morgan fingerprint density at radius 2 is 2.08 bits per heavy atom. The molecule has 1 aliphatic rings. The fourth-order valence-electron chi connectivity index (χ4n) is 2.33. The summed E-state index contributed by atoms with van der Waals surface area (Å²) in [5.74, 6) is 2.99. The average Bonchev–Trinajstić information content (AvgIpc) is 3.25. The minimum atomic E-state index is 0. The minimum absolute atomic E-state index is 0. The number of aliphatic imine (C=N–C) groups is 1. The number of aryl methyl sites for hydroxylation is 1. The van der Waals surface area contributed by atoms with Gasteiger partial charge < -0.3 is 24.8 Å². The van der Waals surface area contributed by atoms with Gasteiger partial charge >= 0.3 is 0 Å². The van der Waals surface area contributed by atoms with Gasteiger partial charge in [0.25, 0.3) is 0 Å². The van der Waals surface area contributed by atoms with Crippen LogP contribution in [-0.2, 0) is 6.42 Å². The van der Waals surface area contributed by atoms with Crippen LogP contribution in [0.2, 0.25) is 0 Å². The van der Waals surface area contributed by atoms with E-state index < -0.39 is 0 Å². The van der Waals surface area contributed by atoms with E-state index in [1.54, 1.807) is 18.4 Å². The average molecular weight is 490 g/mol. The second-order valence-corrected chi connectivity index (χ2v) is 6.72. The number of halogens is 1. The van der Waals surface area contributed by atoms with Crippen LogP contribution >= 0.6 is 35.3 Å². The van der Waals surface area contributed by atoms with Gasteiger partial charge in [0.1, 0.15) is 12.4 Å². The number of guanidine groups is 1. The Balaban J connectivity index is 0.00000243. The Hall–Kier alpha value is -1.75. The van der Waals surface area contributed by atoms with Gasteiger partial charge in [0.15, 0.2) is 17.5 Å². The molecule has 2 aromatic rings. The zero-order valence-electron chi connectivity index (χ0n) is 14.8. The third-order valence-corrected chi connectivity index (χ3v) is 4.50. The molecule has 2 heterocycles. The van der Waals surface area contributed by atoms with Gasteiger partial charge in [-0.3, -0.25) is 4.99 Å². The third-order valence-electron chi connectivity index (χ3n) is 3.53. The standard InChI is InChI=1S/C17H22N4O3S.HI/c1-12-10-21-16(25-12)5-6-19-17(18-2)20-7-8-22-13-3-4-14-15(9-13)24-11-23-14;/h3-4,9-10H,5-8,11H2,1-2H3,(H2,18,19,20);1H. The van der Waals surface area contributed by atoms with Crippen LogP contribution in [0.3, 0.4) is 0 Å². The number of fused-ring (bicyclic) bond motifs is 1. The van der Waals surface area contributed by atoms with Crippen molar-refractivity contribution in [1.82, 2.24) is 15.6 Å². The summed E-state index contributed by atoms with van der Waals surface area (Å²) in [5.41, 5.74) is 0. The number of aromatic nitrogens is 1. The van der Waals surface area contributed by atoms with E-state index in [0.29, 0.717) is 13.2 Å². The van der Waals surface area contributed by atoms with Crippen LogP contribution in [0.5, 0.6) is 17.2 Å². The number of ether oxygens (including phenoxy) is 3. The maximum absolute atomic E-state index is 5.71. The first kappa shape index (κ1) is 20.6. The van der Waals surface area contributed by atoms with Gasteiger partial charge in [-0.05, 0) is 19.1 Å². The molecule has 2 N–H and O–H groups in total.